The van der Waals surface area contributed by atoms with E-state index < -0.39 is 12.0 Å². The van der Waals surface area contributed by atoms with Gasteiger partial charge >= 0.3 is 5.97 Å². The Morgan fingerprint density at radius 3 is 2.50 bits per heavy atom. The smallest absolute Gasteiger partial charge is 0.320 e. The van der Waals surface area contributed by atoms with Gasteiger partial charge in [-0.25, -0.2) is 0 Å². The first-order valence-electron chi connectivity index (χ1n) is 4.56. The standard InChI is InChI=1S/C8H18N4O2/c1-2-5(12-8(10)11)3-4-6(9)7(13)14/h5-6H,2-4,9H2,1H3,(H,13,14)(H4,10,11,12). The highest BCUT2D eigenvalue weighted by atomic mass is 16.4. The van der Waals surface area contributed by atoms with Crippen LogP contribution in [0.2, 0.25) is 0 Å². The van der Waals surface area contributed by atoms with E-state index in [1.54, 1.807) is 0 Å². The molecular formula is C8H18N4O2. The third kappa shape index (κ3) is 5.36. The van der Waals surface area contributed by atoms with E-state index in [0.717, 1.165) is 6.42 Å². The molecule has 2 atom stereocenters. The second kappa shape index (κ2) is 6.20. The van der Waals surface area contributed by atoms with Crippen molar-refractivity contribution in [3.8, 4) is 0 Å². The third-order valence-corrected chi connectivity index (χ3v) is 2.00. The molecule has 0 aliphatic heterocycles. The number of hydrogen-bond acceptors (Lipinski definition) is 3. The summed E-state index contributed by atoms with van der Waals surface area (Å²) < 4.78 is 0. The molecule has 6 nitrogen and oxygen atoms in total. The summed E-state index contributed by atoms with van der Waals surface area (Å²) in [6.45, 7) is 1.94. The minimum atomic E-state index is -0.998. The Hall–Kier alpha value is -1.30. The van der Waals surface area contributed by atoms with Crippen LogP contribution in [0.15, 0.2) is 0 Å². The van der Waals surface area contributed by atoms with E-state index in [9.17, 15) is 4.79 Å². The van der Waals surface area contributed by atoms with E-state index in [2.05, 4.69) is 5.32 Å². The Kier molecular flexibility index (Phi) is 5.62. The van der Waals surface area contributed by atoms with Gasteiger partial charge < -0.3 is 21.9 Å². The van der Waals surface area contributed by atoms with Crippen molar-refractivity contribution in [1.29, 1.82) is 5.41 Å². The zero-order valence-corrected chi connectivity index (χ0v) is 8.29. The lowest BCUT2D eigenvalue weighted by atomic mass is 10.1. The summed E-state index contributed by atoms with van der Waals surface area (Å²) in [5.41, 5.74) is 10.5. The molecule has 0 bridgehead atoms. The van der Waals surface area contributed by atoms with Crippen LogP contribution >= 0.6 is 0 Å². The van der Waals surface area contributed by atoms with Crippen LogP contribution in [-0.4, -0.2) is 29.1 Å². The second-order valence-corrected chi connectivity index (χ2v) is 3.19. The van der Waals surface area contributed by atoms with Gasteiger partial charge in [0.25, 0.3) is 0 Å². The highest BCUT2D eigenvalue weighted by Gasteiger charge is 2.14. The highest BCUT2D eigenvalue weighted by Crippen LogP contribution is 2.03. The maximum atomic E-state index is 10.4. The molecule has 0 radical (unpaired) electrons. The van der Waals surface area contributed by atoms with E-state index >= 15 is 0 Å². The summed E-state index contributed by atoms with van der Waals surface area (Å²) in [6.07, 6.45) is 1.77. The van der Waals surface area contributed by atoms with Crippen molar-refractivity contribution in [2.45, 2.75) is 38.3 Å². The molecule has 0 spiro atoms. The van der Waals surface area contributed by atoms with Crippen LogP contribution in [0.3, 0.4) is 0 Å². The Balaban J connectivity index is 3.83. The van der Waals surface area contributed by atoms with E-state index in [4.69, 9.17) is 22.0 Å². The SMILES string of the molecule is CCC(CCC(N)C(=O)O)NC(=N)N. The molecule has 0 rings (SSSR count). The Bertz CT molecular complexity index is 208. The zero-order chi connectivity index (χ0) is 11.1. The van der Waals surface area contributed by atoms with Crippen LogP contribution < -0.4 is 16.8 Å². The van der Waals surface area contributed by atoms with Gasteiger partial charge in [0.2, 0.25) is 0 Å². The minimum Gasteiger partial charge on any atom is -0.480 e. The molecule has 7 N–H and O–H groups in total. The monoisotopic (exact) mass is 202 g/mol. The van der Waals surface area contributed by atoms with Crippen molar-refractivity contribution in [3.05, 3.63) is 0 Å². The van der Waals surface area contributed by atoms with Gasteiger partial charge in [-0.15, -0.1) is 0 Å². The molecule has 0 aliphatic carbocycles. The molecule has 0 aromatic rings. The van der Waals surface area contributed by atoms with Crippen molar-refractivity contribution in [2.24, 2.45) is 11.5 Å². The number of nitrogens with one attached hydrogen (secondary N) is 2. The van der Waals surface area contributed by atoms with Crippen LogP contribution in [0.1, 0.15) is 26.2 Å². The van der Waals surface area contributed by atoms with Crippen LogP contribution in [0, 0.1) is 5.41 Å². The summed E-state index contributed by atoms with van der Waals surface area (Å²) >= 11 is 0. The van der Waals surface area contributed by atoms with Crippen molar-refractivity contribution >= 4 is 11.9 Å². The van der Waals surface area contributed by atoms with Gasteiger partial charge in [0.1, 0.15) is 6.04 Å². The number of guanidine groups is 1. The quantitative estimate of drug-likeness (QED) is 0.291. The van der Waals surface area contributed by atoms with E-state index in [1.165, 1.54) is 0 Å². The number of carboxylic acids is 1. The summed E-state index contributed by atoms with van der Waals surface area (Å²) in [7, 11) is 0. The number of hydrogen-bond donors (Lipinski definition) is 5. The first-order chi connectivity index (χ1) is 6.47. The highest BCUT2D eigenvalue weighted by molar-refractivity contribution is 5.74. The number of carboxylic acid groups (broad SMARTS) is 1. The maximum Gasteiger partial charge on any atom is 0.320 e. The van der Waals surface area contributed by atoms with E-state index in [1.807, 2.05) is 6.92 Å². The fourth-order valence-electron chi connectivity index (χ4n) is 1.10. The molecule has 0 saturated carbocycles. The van der Waals surface area contributed by atoms with Crippen molar-refractivity contribution in [3.63, 3.8) is 0 Å². The van der Waals surface area contributed by atoms with Crippen LogP contribution in [-0.2, 0) is 4.79 Å². The van der Waals surface area contributed by atoms with Gasteiger partial charge in [-0.2, -0.15) is 0 Å². The van der Waals surface area contributed by atoms with Crippen molar-refractivity contribution < 1.29 is 9.90 Å². The van der Waals surface area contributed by atoms with Gasteiger partial charge in [-0.3, -0.25) is 10.2 Å². The molecule has 82 valence electrons. The predicted molar refractivity (Wildman–Crippen MR) is 54.0 cm³/mol. The van der Waals surface area contributed by atoms with Gasteiger partial charge in [-0.05, 0) is 19.3 Å². The number of nitrogens with two attached hydrogens (primary N) is 2. The fraction of sp³-hybridized carbons (Fsp3) is 0.750. The van der Waals surface area contributed by atoms with Crippen molar-refractivity contribution in [1.82, 2.24) is 5.32 Å². The Morgan fingerprint density at radius 1 is 1.57 bits per heavy atom. The van der Waals surface area contributed by atoms with E-state index in [-0.39, 0.29) is 12.0 Å². The Morgan fingerprint density at radius 2 is 2.14 bits per heavy atom. The second-order valence-electron chi connectivity index (χ2n) is 3.19. The lowest BCUT2D eigenvalue weighted by Gasteiger charge is -2.17. The molecule has 6 heteroatoms. The summed E-state index contributed by atoms with van der Waals surface area (Å²) in [5.74, 6) is -1.09. The van der Waals surface area contributed by atoms with Gasteiger partial charge in [0.05, 0.1) is 0 Å². The first-order valence-corrected chi connectivity index (χ1v) is 4.56. The third-order valence-electron chi connectivity index (χ3n) is 2.00. The summed E-state index contributed by atoms with van der Waals surface area (Å²) in [6, 6.07) is -0.810. The van der Waals surface area contributed by atoms with Crippen LogP contribution in [0.4, 0.5) is 0 Å². The lowest BCUT2D eigenvalue weighted by Crippen LogP contribution is -2.40. The summed E-state index contributed by atoms with van der Waals surface area (Å²) in [4.78, 5) is 10.4. The maximum absolute atomic E-state index is 10.4. The van der Waals surface area contributed by atoms with Gasteiger partial charge in [0, 0.05) is 6.04 Å². The molecule has 0 aromatic carbocycles. The average molecular weight is 202 g/mol. The Labute approximate surface area is 83.2 Å². The zero-order valence-electron chi connectivity index (χ0n) is 8.29. The average Bonchev–Trinajstić information content (AvgIpc) is 2.10. The molecule has 14 heavy (non-hydrogen) atoms. The van der Waals surface area contributed by atoms with Crippen LogP contribution in [0.25, 0.3) is 0 Å². The number of carbonyl (C=O) groups is 1. The molecule has 0 aromatic heterocycles. The largest absolute Gasteiger partial charge is 0.480 e. The molecule has 0 aliphatic rings. The lowest BCUT2D eigenvalue weighted by molar-refractivity contribution is -0.138. The van der Waals surface area contributed by atoms with Crippen molar-refractivity contribution in [2.75, 3.05) is 0 Å². The fourth-order valence-corrected chi connectivity index (χ4v) is 1.10. The summed E-state index contributed by atoms with van der Waals surface area (Å²) in [5, 5.41) is 18.3. The molecule has 0 fully saturated rings. The molecule has 0 heterocycles. The van der Waals surface area contributed by atoms with Gasteiger partial charge in [-0.1, -0.05) is 6.92 Å². The first kappa shape index (κ1) is 12.7. The molecule has 2 unspecified atom stereocenters. The van der Waals surface area contributed by atoms with Gasteiger partial charge in [0.15, 0.2) is 5.96 Å². The topological polar surface area (TPSA) is 125 Å². The predicted octanol–water partition coefficient (Wildman–Crippen LogP) is -0.560. The molecule has 0 amide bonds. The van der Waals surface area contributed by atoms with E-state index in [0.29, 0.717) is 12.8 Å². The van der Waals surface area contributed by atoms with Crippen LogP contribution in [0.5, 0.6) is 0 Å². The minimum absolute atomic E-state index is 0.0258. The molecule has 0 saturated heterocycles. The number of aliphatic carboxylic acids is 1. The molecular weight excluding hydrogens is 184 g/mol. The normalized spacial score (nSPS) is 14.4. The number of rotatable bonds is 6.